The summed E-state index contributed by atoms with van der Waals surface area (Å²) in [7, 11) is 0. The molecule has 0 N–H and O–H groups in total. The molecule has 4 rings (SSSR count). The summed E-state index contributed by atoms with van der Waals surface area (Å²) >= 11 is 0. The van der Waals surface area contributed by atoms with Crippen LogP contribution in [0, 0.1) is 40.5 Å². The number of nitrogens with zero attached hydrogens (tertiary/aromatic N) is 9. The second kappa shape index (κ2) is 8.57. The summed E-state index contributed by atoms with van der Waals surface area (Å²) in [6.07, 6.45) is 3.43. The van der Waals surface area contributed by atoms with Gasteiger partial charge in [-0.3, -0.25) is 30.3 Å². The molecule has 32 heavy (non-hydrogen) atoms. The molecule has 17 heteroatoms. The maximum atomic E-state index is 11.2. The van der Waals surface area contributed by atoms with Crippen molar-refractivity contribution in [1.82, 2.24) is 4.98 Å². The summed E-state index contributed by atoms with van der Waals surface area (Å²) in [5.74, 6) is -0.818. The van der Waals surface area contributed by atoms with Gasteiger partial charge in [-0.05, 0) is 21.2 Å². The third-order valence-corrected chi connectivity index (χ3v) is 3.82. The number of nitro groups is 4. The van der Waals surface area contributed by atoms with Crippen LogP contribution in [-0.2, 0) is 0 Å². The molecule has 0 saturated heterocycles. The van der Waals surface area contributed by atoms with Crippen molar-refractivity contribution >= 4 is 34.9 Å². The van der Waals surface area contributed by atoms with Crippen LogP contribution in [0.3, 0.4) is 0 Å². The Bertz CT molecular complexity index is 1260. The fourth-order valence-electron chi connectivity index (χ4n) is 2.57. The Balaban J connectivity index is 0.000000297. The first kappa shape index (κ1) is 21.4. The monoisotopic (exact) mass is 441 g/mol. The third-order valence-electron chi connectivity index (χ3n) is 3.82. The van der Waals surface area contributed by atoms with Crippen LogP contribution in [0.4, 0.5) is 22.9 Å². The number of benzene rings is 1. The molecule has 0 spiro atoms. The third kappa shape index (κ3) is 4.01. The van der Waals surface area contributed by atoms with E-state index in [1.807, 2.05) is 0 Å². The van der Waals surface area contributed by atoms with Gasteiger partial charge in [0.15, 0.2) is 0 Å². The second-order valence-corrected chi connectivity index (χ2v) is 5.67. The van der Waals surface area contributed by atoms with E-state index in [4.69, 9.17) is 0 Å². The Morgan fingerprint density at radius 2 is 1.38 bits per heavy atom. The smallest absolute Gasteiger partial charge is 0.358 e. The van der Waals surface area contributed by atoms with Gasteiger partial charge in [-0.25, -0.2) is 4.99 Å². The van der Waals surface area contributed by atoms with Crippen molar-refractivity contribution in [3.63, 3.8) is 0 Å². The lowest BCUT2D eigenvalue weighted by Crippen LogP contribution is -2.08. The number of aromatic nitrogens is 1. The van der Waals surface area contributed by atoms with Crippen molar-refractivity contribution in [3.05, 3.63) is 82.6 Å². The molecule has 160 valence electrons. The normalized spacial score (nSPS) is 12.9. The molecule has 2 aliphatic rings. The lowest BCUT2D eigenvalue weighted by molar-refractivity contribution is -0.453. The molecule has 0 bridgehead atoms. The van der Waals surface area contributed by atoms with Crippen LogP contribution in [0.1, 0.15) is 0 Å². The van der Waals surface area contributed by atoms with Gasteiger partial charge in [0.25, 0.3) is 5.69 Å². The van der Waals surface area contributed by atoms with Crippen LogP contribution in [0.5, 0.6) is 0 Å². The zero-order chi connectivity index (χ0) is 23.4. The van der Waals surface area contributed by atoms with Gasteiger partial charge in [0.05, 0.1) is 14.8 Å². The van der Waals surface area contributed by atoms with Crippen LogP contribution in [0.15, 0.2) is 62.5 Å². The molecule has 2 aromatic rings. The molecule has 1 aromatic heterocycles. The Kier molecular flexibility index (Phi) is 5.72. The molecule has 0 unspecified atom stereocenters. The van der Waals surface area contributed by atoms with Gasteiger partial charge in [-0.15, -0.1) is 10.2 Å². The van der Waals surface area contributed by atoms with Crippen molar-refractivity contribution in [1.29, 1.82) is 0 Å². The average Bonchev–Trinajstić information content (AvgIpc) is 3.38. The molecule has 0 radical (unpaired) electrons. The van der Waals surface area contributed by atoms with Gasteiger partial charge >= 0.3 is 22.9 Å². The number of pyridine rings is 1. The minimum atomic E-state index is -1.64. The SMILES string of the molecule is C1=NC2=NN=NC2=C1.O=[N+]([O-])c1nc(-c2ccccc2)c([N+](=O)[O-])c([N+](=O)[O-])c1[N+](=O)[O-]. The molecule has 0 amide bonds. The van der Waals surface area contributed by atoms with E-state index < -0.39 is 48.3 Å². The predicted octanol–water partition coefficient (Wildman–Crippen LogP) is 3.12. The van der Waals surface area contributed by atoms with E-state index in [9.17, 15) is 40.5 Å². The average molecular weight is 441 g/mol. The quantitative estimate of drug-likeness (QED) is 0.488. The zero-order valence-electron chi connectivity index (χ0n) is 15.3. The minimum Gasteiger partial charge on any atom is -0.358 e. The summed E-state index contributed by atoms with van der Waals surface area (Å²) in [6.45, 7) is 0. The number of hydrogen-bond acceptors (Lipinski definition) is 13. The van der Waals surface area contributed by atoms with Gasteiger partial charge < -0.3 is 10.1 Å². The number of hydrogen-bond donors (Lipinski definition) is 0. The highest BCUT2D eigenvalue weighted by Crippen LogP contribution is 2.46. The van der Waals surface area contributed by atoms with E-state index in [1.54, 1.807) is 12.3 Å². The number of fused-ring (bicyclic) bond motifs is 1. The van der Waals surface area contributed by atoms with E-state index in [0.717, 1.165) is 5.70 Å². The van der Waals surface area contributed by atoms with E-state index in [0.29, 0.717) is 5.84 Å². The van der Waals surface area contributed by atoms with Crippen LogP contribution < -0.4 is 0 Å². The maximum absolute atomic E-state index is 11.2. The maximum Gasteiger partial charge on any atom is 0.451 e. The van der Waals surface area contributed by atoms with E-state index in [2.05, 4.69) is 25.4 Å². The number of amidine groups is 1. The van der Waals surface area contributed by atoms with Gasteiger partial charge in [-0.2, -0.15) is 0 Å². The molecular weight excluding hydrogens is 434 g/mol. The van der Waals surface area contributed by atoms with Crippen molar-refractivity contribution in [2.75, 3.05) is 0 Å². The summed E-state index contributed by atoms with van der Waals surface area (Å²) in [6, 6.07) is 6.91. The molecule has 2 aliphatic heterocycles. The molecule has 3 heterocycles. The summed E-state index contributed by atoms with van der Waals surface area (Å²) in [5.41, 5.74) is -4.50. The second-order valence-electron chi connectivity index (χ2n) is 5.67. The Labute approximate surface area is 174 Å². The Morgan fingerprint density at radius 1 is 0.750 bits per heavy atom. The lowest BCUT2D eigenvalue weighted by Gasteiger charge is -2.02. The topological polar surface area (TPSA) is 235 Å². The van der Waals surface area contributed by atoms with Gasteiger partial charge in [0.2, 0.25) is 5.84 Å². The van der Waals surface area contributed by atoms with E-state index in [1.165, 1.54) is 30.3 Å². The fraction of sp³-hybridized carbons (Fsp3) is 0. The first-order chi connectivity index (χ1) is 15.2. The summed E-state index contributed by atoms with van der Waals surface area (Å²) < 4.78 is 0. The van der Waals surface area contributed by atoms with Crippen molar-refractivity contribution in [2.24, 2.45) is 20.4 Å². The first-order valence-corrected chi connectivity index (χ1v) is 8.16. The number of allylic oxidation sites excluding steroid dienone is 1. The molecule has 0 saturated carbocycles. The van der Waals surface area contributed by atoms with Crippen LogP contribution in [0.2, 0.25) is 0 Å². The predicted molar refractivity (Wildman–Crippen MR) is 105 cm³/mol. The van der Waals surface area contributed by atoms with Gasteiger partial charge in [0.1, 0.15) is 5.70 Å². The largest absolute Gasteiger partial charge is 0.451 e. The number of aliphatic imine (C=N–C) groups is 1. The van der Waals surface area contributed by atoms with Crippen LogP contribution in [-0.4, -0.2) is 36.7 Å². The zero-order valence-corrected chi connectivity index (χ0v) is 15.3. The highest BCUT2D eigenvalue weighted by Gasteiger charge is 2.49. The fourth-order valence-corrected chi connectivity index (χ4v) is 2.57. The number of rotatable bonds is 5. The van der Waals surface area contributed by atoms with Gasteiger partial charge in [0, 0.05) is 11.8 Å². The van der Waals surface area contributed by atoms with Crippen molar-refractivity contribution in [3.8, 4) is 11.3 Å². The minimum absolute atomic E-state index is 0.0368. The lowest BCUT2D eigenvalue weighted by atomic mass is 10.1. The molecule has 1 aromatic carbocycles. The Morgan fingerprint density at radius 3 is 1.91 bits per heavy atom. The summed E-state index contributed by atoms with van der Waals surface area (Å²) in [5, 5.41) is 55.1. The highest BCUT2D eigenvalue weighted by molar-refractivity contribution is 6.11. The molecular formula is C15H7N9O8. The van der Waals surface area contributed by atoms with E-state index >= 15 is 0 Å². The van der Waals surface area contributed by atoms with Crippen molar-refractivity contribution in [2.45, 2.75) is 0 Å². The first-order valence-electron chi connectivity index (χ1n) is 8.16. The van der Waals surface area contributed by atoms with Crippen LogP contribution in [0.25, 0.3) is 11.3 Å². The highest BCUT2D eigenvalue weighted by atomic mass is 16.7. The molecule has 0 aliphatic carbocycles. The standard InChI is InChI=1S/C11H5N5O8.C4H2N4/c17-13(18)8-7(6-4-2-1-3-5-6)12-11(16(23)24)10(15(21)22)9(8)14(19)20;1-2-5-4-3(1)6-8-7-4/h1-5H;1-2H. The Hall–Kier alpha value is -5.35. The van der Waals surface area contributed by atoms with Gasteiger partial charge in [-0.1, -0.05) is 30.3 Å². The van der Waals surface area contributed by atoms with E-state index in [-0.39, 0.29) is 5.56 Å². The van der Waals surface area contributed by atoms with Crippen LogP contribution >= 0.6 is 0 Å². The van der Waals surface area contributed by atoms with Crippen molar-refractivity contribution < 1.29 is 19.7 Å². The molecule has 0 fully saturated rings. The summed E-state index contributed by atoms with van der Waals surface area (Å²) in [4.78, 5) is 46.2. The molecule has 17 nitrogen and oxygen atoms in total. The molecule has 0 atom stereocenters.